The van der Waals surface area contributed by atoms with E-state index >= 15 is 0 Å². The molecule has 3 nitrogen and oxygen atoms in total. The molecule has 10 rings (SSSR count). The van der Waals surface area contributed by atoms with Crippen LogP contribution in [0.25, 0.3) is 99.2 Å². The first-order valence-electron chi connectivity index (χ1n) is 18.1. The maximum Gasteiger partial charge on any atom is 0.160 e. The zero-order chi connectivity index (χ0) is 36.0. The molecule has 0 saturated carbocycles. The van der Waals surface area contributed by atoms with Gasteiger partial charge in [-0.1, -0.05) is 158 Å². The minimum absolute atomic E-state index is 0.634. The van der Waals surface area contributed by atoms with Crippen molar-refractivity contribution < 1.29 is 0 Å². The number of benzene rings is 9. The van der Waals surface area contributed by atoms with Crippen LogP contribution >= 0.6 is 0 Å². The molecule has 0 saturated heterocycles. The van der Waals surface area contributed by atoms with Crippen LogP contribution in [0.2, 0.25) is 0 Å². The average molecular weight is 686 g/mol. The van der Waals surface area contributed by atoms with Crippen molar-refractivity contribution in [1.82, 2.24) is 9.97 Å². The number of para-hydroxylation sites is 1. The molecule has 3 heteroatoms. The van der Waals surface area contributed by atoms with E-state index in [4.69, 9.17) is 9.97 Å². The predicted molar refractivity (Wildman–Crippen MR) is 224 cm³/mol. The SMILES string of the molecule is N#Cc1cc(-c2ccc(-c3ccc(-c4nc(-c5ccccc5)c5ccccc5n4)cc3)c3ccccc23)cc(-c2cc3ccccc3c3ccccc23)c1. The topological polar surface area (TPSA) is 49.6 Å². The summed E-state index contributed by atoms with van der Waals surface area (Å²) in [5.74, 6) is 0.701. The highest BCUT2D eigenvalue weighted by molar-refractivity contribution is 6.14. The molecule has 1 aromatic heterocycles. The van der Waals surface area contributed by atoms with Gasteiger partial charge in [-0.15, -0.1) is 0 Å². The molecule has 10 aromatic rings. The fourth-order valence-electron chi connectivity index (χ4n) is 7.92. The summed E-state index contributed by atoms with van der Waals surface area (Å²) in [5, 5.41) is 18.3. The van der Waals surface area contributed by atoms with Gasteiger partial charge in [0.15, 0.2) is 5.82 Å². The van der Waals surface area contributed by atoms with Gasteiger partial charge < -0.3 is 0 Å². The number of rotatable bonds is 5. The molecule has 0 aliphatic heterocycles. The second-order valence-electron chi connectivity index (χ2n) is 13.7. The third-order valence-corrected chi connectivity index (χ3v) is 10.5. The van der Waals surface area contributed by atoms with Crippen LogP contribution in [-0.4, -0.2) is 9.97 Å². The third-order valence-electron chi connectivity index (χ3n) is 10.5. The minimum atomic E-state index is 0.634. The van der Waals surface area contributed by atoms with E-state index in [2.05, 4.69) is 146 Å². The van der Waals surface area contributed by atoms with Crippen LogP contribution < -0.4 is 0 Å². The Kier molecular flexibility index (Phi) is 7.53. The quantitative estimate of drug-likeness (QED) is 0.169. The largest absolute Gasteiger partial charge is 0.228 e. The van der Waals surface area contributed by atoms with E-state index in [1.165, 1.54) is 21.5 Å². The van der Waals surface area contributed by atoms with Gasteiger partial charge in [-0.05, 0) is 96.0 Å². The van der Waals surface area contributed by atoms with E-state index in [9.17, 15) is 5.26 Å². The number of fused-ring (bicyclic) bond motifs is 5. The summed E-state index contributed by atoms with van der Waals surface area (Å²) in [6, 6.07) is 68.0. The highest BCUT2D eigenvalue weighted by atomic mass is 14.9. The van der Waals surface area contributed by atoms with Gasteiger partial charge in [-0.3, -0.25) is 0 Å². The molecule has 54 heavy (non-hydrogen) atoms. The molecular weight excluding hydrogens is 655 g/mol. The fourth-order valence-corrected chi connectivity index (χ4v) is 7.92. The van der Waals surface area contributed by atoms with E-state index in [0.29, 0.717) is 11.4 Å². The summed E-state index contributed by atoms with van der Waals surface area (Å²) in [6.45, 7) is 0. The van der Waals surface area contributed by atoms with Crippen molar-refractivity contribution in [3.8, 4) is 62.1 Å². The van der Waals surface area contributed by atoms with Gasteiger partial charge in [0, 0.05) is 16.5 Å². The Hall–Kier alpha value is -7.41. The lowest BCUT2D eigenvalue weighted by molar-refractivity contribution is 1.23. The molecule has 1 heterocycles. The molecule has 0 aliphatic carbocycles. The van der Waals surface area contributed by atoms with E-state index in [1.807, 2.05) is 48.5 Å². The highest BCUT2D eigenvalue weighted by Gasteiger charge is 2.16. The Morgan fingerprint density at radius 1 is 0.352 bits per heavy atom. The van der Waals surface area contributed by atoms with Gasteiger partial charge in [0.05, 0.1) is 22.8 Å². The van der Waals surface area contributed by atoms with Crippen LogP contribution in [0.3, 0.4) is 0 Å². The van der Waals surface area contributed by atoms with Gasteiger partial charge in [-0.25, -0.2) is 9.97 Å². The smallest absolute Gasteiger partial charge is 0.160 e. The molecule has 0 radical (unpaired) electrons. The first-order valence-corrected chi connectivity index (χ1v) is 18.1. The lowest BCUT2D eigenvalue weighted by Gasteiger charge is -2.15. The molecule has 0 spiro atoms. The first kappa shape index (κ1) is 31.3. The Morgan fingerprint density at radius 2 is 0.889 bits per heavy atom. The van der Waals surface area contributed by atoms with Crippen LogP contribution in [0.5, 0.6) is 0 Å². The lowest BCUT2D eigenvalue weighted by atomic mass is 9.88. The van der Waals surface area contributed by atoms with Crippen LogP contribution in [0.15, 0.2) is 188 Å². The van der Waals surface area contributed by atoms with E-state index in [-0.39, 0.29) is 0 Å². The fraction of sp³-hybridized carbons (Fsp3) is 0. The Bertz CT molecular complexity index is 3100. The number of nitrogens with zero attached hydrogens (tertiary/aromatic N) is 3. The van der Waals surface area contributed by atoms with Gasteiger partial charge in [0.25, 0.3) is 0 Å². The first-order chi connectivity index (χ1) is 26.7. The molecule has 9 aromatic carbocycles. The normalized spacial score (nSPS) is 11.3. The van der Waals surface area contributed by atoms with Gasteiger partial charge in [0.2, 0.25) is 0 Å². The zero-order valence-electron chi connectivity index (χ0n) is 29.2. The molecule has 0 fully saturated rings. The molecule has 0 N–H and O–H groups in total. The van der Waals surface area contributed by atoms with Crippen molar-refractivity contribution in [3.05, 3.63) is 194 Å². The van der Waals surface area contributed by atoms with E-state index in [1.54, 1.807) is 0 Å². The molecule has 0 aliphatic rings. The Balaban J connectivity index is 1.07. The summed E-state index contributed by atoms with van der Waals surface area (Å²) in [7, 11) is 0. The zero-order valence-corrected chi connectivity index (χ0v) is 29.2. The molecule has 250 valence electrons. The van der Waals surface area contributed by atoms with E-state index < -0.39 is 0 Å². The van der Waals surface area contributed by atoms with Gasteiger partial charge in [0.1, 0.15) is 0 Å². The summed E-state index contributed by atoms with van der Waals surface area (Å²) in [6.07, 6.45) is 0. The minimum Gasteiger partial charge on any atom is -0.228 e. The Morgan fingerprint density at radius 3 is 1.59 bits per heavy atom. The number of hydrogen-bond donors (Lipinski definition) is 0. The molecule has 0 unspecified atom stereocenters. The predicted octanol–water partition coefficient (Wildman–Crippen LogP) is 13.3. The maximum absolute atomic E-state index is 10.2. The molecular formula is C51H31N3. The second-order valence-corrected chi connectivity index (χ2v) is 13.7. The summed E-state index contributed by atoms with van der Waals surface area (Å²) in [4.78, 5) is 10.0. The van der Waals surface area contributed by atoms with E-state index in [0.717, 1.165) is 71.9 Å². The van der Waals surface area contributed by atoms with Crippen LogP contribution in [0.1, 0.15) is 5.56 Å². The maximum atomic E-state index is 10.2. The highest BCUT2D eigenvalue weighted by Crippen LogP contribution is 2.40. The number of hydrogen-bond acceptors (Lipinski definition) is 3. The summed E-state index contributed by atoms with van der Waals surface area (Å²) in [5.41, 5.74) is 11.0. The van der Waals surface area contributed by atoms with Crippen molar-refractivity contribution >= 4 is 43.2 Å². The van der Waals surface area contributed by atoms with Gasteiger partial charge >= 0.3 is 0 Å². The summed E-state index contributed by atoms with van der Waals surface area (Å²) >= 11 is 0. The Labute approximate surface area is 313 Å². The second kappa shape index (κ2) is 13.0. The molecule has 0 atom stereocenters. The van der Waals surface area contributed by atoms with Crippen LogP contribution in [0.4, 0.5) is 0 Å². The van der Waals surface area contributed by atoms with Crippen LogP contribution in [-0.2, 0) is 0 Å². The third kappa shape index (κ3) is 5.37. The van der Waals surface area contributed by atoms with Crippen molar-refractivity contribution in [2.75, 3.05) is 0 Å². The molecule has 0 amide bonds. The average Bonchev–Trinajstić information content (AvgIpc) is 3.25. The van der Waals surface area contributed by atoms with Crippen molar-refractivity contribution in [1.29, 1.82) is 5.26 Å². The monoisotopic (exact) mass is 685 g/mol. The van der Waals surface area contributed by atoms with Crippen LogP contribution in [0, 0.1) is 11.3 Å². The number of aromatic nitrogens is 2. The summed E-state index contributed by atoms with van der Waals surface area (Å²) < 4.78 is 0. The molecule has 0 bridgehead atoms. The van der Waals surface area contributed by atoms with Crippen molar-refractivity contribution in [2.24, 2.45) is 0 Å². The standard InChI is InChI=1S/C51H31N3/c52-32-33-28-38(30-39(29-33)48-31-37-14-4-5-15-40(37)43-16-8-9-19-46(43)48)42-27-26-41(44-17-6-7-18-45(42)44)34-22-24-36(25-23-34)51-53-49-21-11-10-20-47(49)50(54-51)35-12-2-1-3-13-35/h1-31H. The van der Waals surface area contributed by atoms with Crippen molar-refractivity contribution in [3.63, 3.8) is 0 Å². The lowest BCUT2D eigenvalue weighted by Crippen LogP contribution is -1.95. The van der Waals surface area contributed by atoms with Crippen molar-refractivity contribution in [2.45, 2.75) is 0 Å². The number of nitriles is 1. The van der Waals surface area contributed by atoms with Gasteiger partial charge in [-0.2, -0.15) is 5.26 Å².